The summed E-state index contributed by atoms with van der Waals surface area (Å²) in [5.41, 5.74) is -0.618. The van der Waals surface area contributed by atoms with Gasteiger partial charge in [0.2, 0.25) is 17.7 Å². The van der Waals surface area contributed by atoms with Gasteiger partial charge in [0.25, 0.3) is 15.9 Å². The number of carbonyl (C=O) groups is 5. The van der Waals surface area contributed by atoms with Crippen molar-refractivity contribution in [1.29, 1.82) is 0 Å². The molecule has 6 atom stereocenters. The lowest BCUT2D eigenvalue weighted by molar-refractivity contribution is -0.146. The molecule has 2 aliphatic rings. The molecule has 356 valence electrons. The van der Waals surface area contributed by atoms with Crippen LogP contribution in [0.1, 0.15) is 44.6 Å². The zero-order valence-electron chi connectivity index (χ0n) is 38.2. The molecule has 2 fully saturated rings. The summed E-state index contributed by atoms with van der Waals surface area (Å²) in [6, 6.07) is 29.2. The van der Waals surface area contributed by atoms with Crippen LogP contribution in [0.25, 0.3) is 22.2 Å². The molecule has 4 aromatic carbocycles. The van der Waals surface area contributed by atoms with E-state index in [-0.39, 0.29) is 24.3 Å². The Labute approximate surface area is 399 Å². The van der Waals surface area contributed by atoms with E-state index in [2.05, 4.69) is 16.6 Å². The van der Waals surface area contributed by atoms with Crippen molar-refractivity contribution in [2.24, 2.45) is 5.92 Å². The minimum atomic E-state index is -4.37. The highest BCUT2D eigenvalue weighted by atomic mass is 35.5. The number of nitrogens with one attached hydrogen (secondary N) is 2. The van der Waals surface area contributed by atoms with Crippen molar-refractivity contribution in [1.82, 2.24) is 29.7 Å². The lowest BCUT2D eigenvalue weighted by Crippen LogP contribution is -2.63. The topological polar surface area (TPSA) is 205 Å². The minimum Gasteiger partial charge on any atom is -0.497 e. The number of halogens is 1. The number of carbonyl (C=O) groups excluding carboxylic acids is 4. The molecular weight excluding hydrogens is 912 g/mol. The number of methoxy groups -OCH3 is 1. The number of likely N-dealkylation sites (tertiary alicyclic amines) is 1. The van der Waals surface area contributed by atoms with Gasteiger partial charge in [0, 0.05) is 48.0 Å². The van der Waals surface area contributed by atoms with Crippen molar-refractivity contribution >= 4 is 62.2 Å². The summed E-state index contributed by atoms with van der Waals surface area (Å²) in [4.78, 5) is 79.3. The maximum absolute atomic E-state index is 15.4. The fourth-order valence-corrected chi connectivity index (χ4v) is 9.95. The Morgan fingerprint density at radius 2 is 1.60 bits per heavy atom. The van der Waals surface area contributed by atoms with Crippen LogP contribution in [0.3, 0.4) is 0 Å². The van der Waals surface area contributed by atoms with Crippen molar-refractivity contribution in [3.8, 4) is 22.8 Å². The molecule has 5 amide bonds. The van der Waals surface area contributed by atoms with Gasteiger partial charge in [-0.05, 0) is 57.0 Å². The fraction of sp³-hybridized carbons (Fsp3) is 0.320. The number of pyridine rings is 1. The Kier molecular flexibility index (Phi) is 14.2. The third-order valence-electron chi connectivity index (χ3n) is 12.2. The molecule has 1 aliphatic heterocycles. The van der Waals surface area contributed by atoms with Gasteiger partial charge in [-0.2, -0.15) is 0 Å². The van der Waals surface area contributed by atoms with E-state index in [1.165, 1.54) is 54.3 Å². The zero-order chi connectivity index (χ0) is 49.1. The molecule has 1 saturated carbocycles. The number of rotatable bonds is 16. The first-order valence-corrected chi connectivity index (χ1v) is 23.7. The second kappa shape index (κ2) is 19.7. The Morgan fingerprint density at radius 1 is 0.971 bits per heavy atom. The molecular formula is C50H53ClN6O10S. The summed E-state index contributed by atoms with van der Waals surface area (Å²) >= 11 is 6.66. The zero-order valence-corrected chi connectivity index (χ0v) is 39.7. The van der Waals surface area contributed by atoms with E-state index >= 15 is 4.79 Å². The summed E-state index contributed by atoms with van der Waals surface area (Å²) < 4.78 is 41.0. The predicted molar refractivity (Wildman–Crippen MR) is 255 cm³/mol. The van der Waals surface area contributed by atoms with E-state index in [0.717, 1.165) is 10.5 Å². The second-order valence-electron chi connectivity index (χ2n) is 17.8. The van der Waals surface area contributed by atoms with Crippen LogP contribution in [0.2, 0.25) is 0 Å². The summed E-state index contributed by atoms with van der Waals surface area (Å²) in [6.45, 7) is 7.88. The summed E-state index contributed by atoms with van der Waals surface area (Å²) in [6.07, 6.45) is -1.10. The number of carboxylic acid groups (broad SMARTS) is 1. The third-order valence-corrected chi connectivity index (χ3v) is 14.0. The van der Waals surface area contributed by atoms with Gasteiger partial charge in [-0.25, -0.2) is 22.9 Å². The normalized spacial score (nSPS) is 19.8. The first kappa shape index (κ1) is 48.9. The molecule has 68 heavy (non-hydrogen) atoms. The fourth-order valence-electron chi connectivity index (χ4n) is 8.58. The van der Waals surface area contributed by atoms with Gasteiger partial charge in [-0.15, -0.1) is 18.2 Å². The van der Waals surface area contributed by atoms with Crippen LogP contribution in [-0.4, -0.2) is 119 Å². The van der Waals surface area contributed by atoms with E-state index in [1.54, 1.807) is 81.4 Å². The molecule has 0 bridgehead atoms. The Hall–Kier alpha value is -6.98. The van der Waals surface area contributed by atoms with Crippen LogP contribution in [0.4, 0.5) is 4.79 Å². The molecule has 0 spiro atoms. The number of ether oxygens (including phenoxy) is 2. The number of nitrogens with zero attached hydrogens (tertiary/aromatic N) is 4. The maximum Gasteiger partial charge on any atom is 0.408 e. The van der Waals surface area contributed by atoms with Crippen LogP contribution in [0.15, 0.2) is 133 Å². The third kappa shape index (κ3) is 10.3. The van der Waals surface area contributed by atoms with Crippen LogP contribution in [0.5, 0.6) is 11.5 Å². The first-order valence-electron chi connectivity index (χ1n) is 21.8. The highest BCUT2D eigenvalue weighted by Crippen LogP contribution is 2.45. The molecule has 1 saturated heterocycles. The smallest absolute Gasteiger partial charge is 0.408 e. The molecule has 0 radical (unpaired) electrons. The van der Waals surface area contributed by atoms with Crippen molar-refractivity contribution < 1.29 is 47.0 Å². The Balaban J connectivity index is 1.27. The highest BCUT2D eigenvalue weighted by Gasteiger charge is 2.61. The SMILES string of the molecule is C=C[C@@H]1C[C@]1(NC(=O)[C@@H]1C[C@@H](Oc2cc(-c3ccccc3)nc3cc(OC)ccc23)CN1C(=O)[C@H](CN(C)C(=O)C(Cl)c1ccccc1)N(C(=O)O)C(C)(C)C)C(=O)NS(=O)(=O)c1ccccc1. The van der Waals surface area contributed by atoms with Gasteiger partial charge in [-0.1, -0.05) is 84.9 Å². The number of fused-ring (bicyclic) bond motifs is 1. The summed E-state index contributed by atoms with van der Waals surface area (Å²) in [5.74, 6) is -3.06. The predicted octanol–water partition coefficient (Wildman–Crippen LogP) is 6.41. The number of sulfonamides is 1. The number of amides is 5. The van der Waals surface area contributed by atoms with E-state index in [0.29, 0.717) is 33.7 Å². The van der Waals surface area contributed by atoms with Gasteiger partial charge in [0.05, 0.1) is 36.3 Å². The maximum atomic E-state index is 15.4. The lowest BCUT2D eigenvalue weighted by atomic mass is 10.0. The minimum absolute atomic E-state index is 0.00105. The van der Waals surface area contributed by atoms with Crippen LogP contribution >= 0.6 is 11.6 Å². The van der Waals surface area contributed by atoms with Gasteiger partial charge in [-0.3, -0.25) is 24.1 Å². The summed E-state index contributed by atoms with van der Waals surface area (Å²) in [5, 5.41) is 12.9. The molecule has 16 nitrogen and oxygen atoms in total. The first-order chi connectivity index (χ1) is 32.3. The average Bonchev–Trinajstić information content (AvgIpc) is 3.89. The molecule has 7 rings (SSSR count). The van der Waals surface area contributed by atoms with Gasteiger partial charge < -0.3 is 29.7 Å². The monoisotopic (exact) mass is 964 g/mol. The van der Waals surface area contributed by atoms with Gasteiger partial charge in [0.15, 0.2) is 0 Å². The number of hydrogen-bond donors (Lipinski definition) is 3. The number of likely N-dealkylation sites (N-methyl/N-ethyl adjacent to an activating group) is 1. The largest absolute Gasteiger partial charge is 0.497 e. The molecule has 2 heterocycles. The van der Waals surface area contributed by atoms with Gasteiger partial charge in [0.1, 0.15) is 40.6 Å². The van der Waals surface area contributed by atoms with E-state index in [1.807, 2.05) is 30.3 Å². The van der Waals surface area contributed by atoms with Crippen molar-refractivity contribution in [3.05, 3.63) is 133 Å². The highest BCUT2D eigenvalue weighted by molar-refractivity contribution is 7.90. The van der Waals surface area contributed by atoms with Crippen LogP contribution in [0, 0.1) is 5.92 Å². The number of aromatic nitrogens is 1. The lowest BCUT2D eigenvalue weighted by Gasteiger charge is -2.42. The van der Waals surface area contributed by atoms with Crippen LogP contribution in [-0.2, 0) is 29.2 Å². The van der Waals surface area contributed by atoms with Crippen molar-refractivity contribution in [2.75, 3.05) is 27.2 Å². The molecule has 1 aromatic heterocycles. The molecule has 3 N–H and O–H groups in total. The van der Waals surface area contributed by atoms with E-state index < -0.39 is 86.9 Å². The van der Waals surface area contributed by atoms with Crippen molar-refractivity contribution in [2.45, 2.75) is 73.2 Å². The Bertz CT molecular complexity index is 2830. The number of alkyl halides is 1. The Morgan fingerprint density at radius 3 is 2.19 bits per heavy atom. The molecule has 18 heteroatoms. The molecule has 1 unspecified atom stereocenters. The summed E-state index contributed by atoms with van der Waals surface area (Å²) in [7, 11) is -1.43. The second-order valence-corrected chi connectivity index (χ2v) is 19.9. The molecule has 5 aromatic rings. The van der Waals surface area contributed by atoms with Crippen molar-refractivity contribution in [3.63, 3.8) is 0 Å². The van der Waals surface area contributed by atoms with Crippen LogP contribution < -0.4 is 19.5 Å². The number of hydrogen-bond acceptors (Lipinski definition) is 10. The number of benzene rings is 4. The quantitative estimate of drug-likeness (QED) is 0.0728. The van der Waals surface area contributed by atoms with E-state index in [4.69, 9.17) is 26.1 Å². The van der Waals surface area contributed by atoms with E-state index in [9.17, 15) is 32.7 Å². The van der Waals surface area contributed by atoms with Gasteiger partial charge >= 0.3 is 6.09 Å². The molecule has 1 aliphatic carbocycles. The average molecular weight is 966 g/mol. The standard InChI is InChI=1S/C50H53ClN6O10S/c1-7-33-28-50(33,47(61)54-68(64,65)36-21-15-10-16-22-36)53-44(58)40-26-35(67-42-27-38(31-17-11-8-12-18-31)52-39-25-34(66-6)23-24-37(39)42)29-56(40)45(59)41(57(48(62)63)49(2,3)4)30-55(5)46(60)43(51)32-19-13-9-14-20-32/h7-25,27,33,35,40-41,43H,1,26,28-30H2,2-6H3,(H,53,58)(H,54,61)(H,62,63)/t33-,35-,40+,41+,43?,50-/m1/s1.